The van der Waals surface area contributed by atoms with Gasteiger partial charge in [-0.25, -0.2) is 8.42 Å². The van der Waals surface area contributed by atoms with Gasteiger partial charge in [0.25, 0.3) is 15.0 Å². The minimum atomic E-state index is -3.81. The molecule has 0 aliphatic heterocycles. The third kappa shape index (κ3) is 3.44. The number of rotatable bonds is 3. The fourth-order valence-corrected chi connectivity index (χ4v) is 2.24. The van der Waals surface area contributed by atoms with Crippen molar-refractivity contribution in [1.29, 1.82) is 0 Å². The van der Waals surface area contributed by atoms with Crippen LogP contribution in [0, 0.1) is 6.92 Å². The first kappa shape index (κ1) is 14.0. The zero-order valence-electron chi connectivity index (χ0n) is 9.90. The average molecular weight is 276 g/mol. The lowest BCUT2D eigenvalue weighted by Gasteiger charge is -2.15. The molecule has 0 saturated carbocycles. The van der Waals surface area contributed by atoms with Crippen LogP contribution in [-0.4, -0.2) is 32.8 Å². The zero-order chi connectivity index (χ0) is 13.2. The molecule has 1 rings (SSSR count). The Kier molecular flexibility index (Phi) is 4.16. The summed E-state index contributed by atoms with van der Waals surface area (Å²) < 4.78 is 22.5. The Morgan fingerprint density at radius 1 is 1.35 bits per heavy atom. The van der Waals surface area contributed by atoms with Crippen LogP contribution < -0.4 is 0 Å². The molecule has 0 aliphatic carbocycles. The second-order valence-corrected chi connectivity index (χ2v) is 6.36. The summed E-state index contributed by atoms with van der Waals surface area (Å²) in [7, 11) is 3.11. The Bertz CT molecular complexity index is 540. The second kappa shape index (κ2) is 5.06. The highest BCUT2D eigenvalue weighted by atomic mass is 35.7. The Balaban J connectivity index is 3.28. The number of carbonyl (C=O) groups is 1. The molecule has 0 unspecified atom stereocenters. The Hall–Kier alpha value is -1.07. The number of hydrogen-bond donors (Lipinski definition) is 0. The molecule has 0 N–H and O–H groups in total. The molecule has 0 atom stereocenters. The van der Waals surface area contributed by atoms with E-state index in [9.17, 15) is 13.2 Å². The van der Waals surface area contributed by atoms with E-state index < -0.39 is 9.05 Å². The molecule has 0 bridgehead atoms. The largest absolute Gasteiger partial charge is 0.342 e. The van der Waals surface area contributed by atoms with Gasteiger partial charge in [-0.1, -0.05) is 0 Å². The molecule has 0 aromatic heterocycles. The van der Waals surface area contributed by atoms with Crippen LogP contribution >= 0.6 is 10.7 Å². The molecule has 0 aliphatic rings. The first-order chi connectivity index (χ1) is 7.75. The van der Waals surface area contributed by atoms with Gasteiger partial charge in [-0.2, -0.15) is 0 Å². The average Bonchev–Trinajstić information content (AvgIpc) is 2.25. The van der Waals surface area contributed by atoms with Crippen molar-refractivity contribution in [3.63, 3.8) is 0 Å². The monoisotopic (exact) mass is 275 g/mol. The van der Waals surface area contributed by atoms with E-state index in [0.717, 1.165) is 0 Å². The minimum absolute atomic E-state index is 0.0491. The molecular formula is C11H14ClNO3S. The van der Waals surface area contributed by atoms with E-state index >= 15 is 0 Å². The molecule has 0 fully saturated rings. The molecule has 1 aromatic carbocycles. The van der Waals surface area contributed by atoms with E-state index in [1.165, 1.54) is 17.0 Å². The Labute approximate surface area is 106 Å². The van der Waals surface area contributed by atoms with Gasteiger partial charge >= 0.3 is 0 Å². The van der Waals surface area contributed by atoms with E-state index in [1.54, 1.807) is 20.0 Å². The van der Waals surface area contributed by atoms with Crippen molar-refractivity contribution in [3.8, 4) is 0 Å². The highest BCUT2D eigenvalue weighted by molar-refractivity contribution is 8.13. The van der Waals surface area contributed by atoms with Gasteiger partial charge in [0, 0.05) is 29.8 Å². The molecule has 1 aromatic rings. The topological polar surface area (TPSA) is 54.5 Å². The molecule has 17 heavy (non-hydrogen) atoms. The SMILES string of the molecule is CCN(C)C(=O)c1cc(C)cc(S(=O)(=O)Cl)c1. The first-order valence-electron chi connectivity index (χ1n) is 5.07. The van der Waals surface area contributed by atoms with Crippen LogP contribution in [0.1, 0.15) is 22.8 Å². The molecule has 0 radical (unpaired) electrons. The number of amides is 1. The van der Waals surface area contributed by atoms with Gasteiger partial charge in [0.15, 0.2) is 0 Å². The highest BCUT2D eigenvalue weighted by Crippen LogP contribution is 2.19. The maximum Gasteiger partial charge on any atom is 0.261 e. The van der Waals surface area contributed by atoms with Crippen molar-refractivity contribution in [1.82, 2.24) is 4.90 Å². The standard InChI is InChI=1S/C11H14ClNO3S/c1-4-13(3)11(14)9-5-8(2)6-10(7-9)17(12,15)16/h5-7H,4H2,1-3H3. The van der Waals surface area contributed by atoms with E-state index in [2.05, 4.69) is 0 Å². The van der Waals surface area contributed by atoms with Crippen LogP contribution in [0.4, 0.5) is 0 Å². The fourth-order valence-electron chi connectivity index (χ4n) is 1.38. The molecule has 4 nitrogen and oxygen atoms in total. The van der Waals surface area contributed by atoms with E-state index in [4.69, 9.17) is 10.7 Å². The van der Waals surface area contributed by atoms with Crippen LogP contribution in [0.25, 0.3) is 0 Å². The molecule has 94 valence electrons. The van der Waals surface area contributed by atoms with E-state index in [0.29, 0.717) is 17.7 Å². The molecule has 1 amide bonds. The summed E-state index contributed by atoms with van der Waals surface area (Å²) >= 11 is 0. The predicted molar refractivity (Wildman–Crippen MR) is 66.9 cm³/mol. The summed E-state index contributed by atoms with van der Waals surface area (Å²) in [6.45, 7) is 4.11. The summed E-state index contributed by atoms with van der Waals surface area (Å²) in [5.41, 5.74) is 1.01. The summed E-state index contributed by atoms with van der Waals surface area (Å²) in [5, 5.41) is 0. The Morgan fingerprint density at radius 3 is 2.41 bits per heavy atom. The van der Waals surface area contributed by atoms with Crippen LogP contribution in [0.2, 0.25) is 0 Å². The highest BCUT2D eigenvalue weighted by Gasteiger charge is 2.16. The summed E-state index contributed by atoms with van der Waals surface area (Å²) in [6, 6.07) is 4.37. The van der Waals surface area contributed by atoms with Gasteiger partial charge in [-0.15, -0.1) is 0 Å². The first-order valence-corrected chi connectivity index (χ1v) is 7.38. The predicted octanol–water partition coefficient (Wildman–Crippen LogP) is 2.01. The van der Waals surface area contributed by atoms with Gasteiger partial charge in [-0.3, -0.25) is 4.79 Å². The van der Waals surface area contributed by atoms with Gasteiger partial charge in [0.2, 0.25) is 0 Å². The van der Waals surface area contributed by atoms with Gasteiger partial charge < -0.3 is 4.90 Å². The summed E-state index contributed by atoms with van der Waals surface area (Å²) in [4.78, 5) is 13.3. The molecular weight excluding hydrogens is 262 g/mol. The van der Waals surface area contributed by atoms with E-state index in [1.807, 2.05) is 6.92 Å². The lowest BCUT2D eigenvalue weighted by atomic mass is 10.1. The van der Waals surface area contributed by atoms with Crippen molar-refractivity contribution in [2.75, 3.05) is 13.6 Å². The second-order valence-electron chi connectivity index (χ2n) is 3.79. The van der Waals surface area contributed by atoms with Crippen molar-refractivity contribution >= 4 is 25.6 Å². The number of benzene rings is 1. The molecule has 0 heterocycles. The number of aryl methyl sites for hydroxylation is 1. The number of nitrogens with zero attached hydrogens (tertiary/aromatic N) is 1. The van der Waals surface area contributed by atoms with Crippen LogP contribution in [-0.2, 0) is 9.05 Å². The smallest absolute Gasteiger partial charge is 0.261 e. The lowest BCUT2D eigenvalue weighted by molar-refractivity contribution is 0.0802. The lowest BCUT2D eigenvalue weighted by Crippen LogP contribution is -2.26. The van der Waals surface area contributed by atoms with Crippen molar-refractivity contribution in [3.05, 3.63) is 29.3 Å². The van der Waals surface area contributed by atoms with Crippen LogP contribution in [0.3, 0.4) is 0 Å². The van der Waals surface area contributed by atoms with Gasteiger partial charge in [-0.05, 0) is 37.6 Å². The Morgan fingerprint density at radius 2 is 1.94 bits per heavy atom. The maximum absolute atomic E-state index is 11.9. The van der Waals surface area contributed by atoms with Crippen molar-refractivity contribution in [2.24, 2.45) is 0 Å². The van der Waals surface area contributed by atoms with E-state index in [-0.39, 0.29) is 10.8 Å². The van der Waals surface area contributed by atoms with Gasteiger partial charge in [0.05, 0.1) is 4.90 Å². The van der Waals surface area contributed by atoms with Gasteiger partial charge in [0.1, 0.15) is 0 Å². The van der Waals surface area contributed by atoms with Crippen LogP contribution in [0.15, 0.2) is 23.1 Å². The normalized spacial score (nSPS) is 11.3. The number of carbonyl (C=O) groups excluding carboxylic acids is 1. The minimum Gasteiger partial charge on any atom is -0.342 e. The summed E-state index contributed by atoms with van der Waals surface area (Å²) in [5.74, 6) is -0.224. The third-order valence-electron chi connectivity index (χ3n) is 2.40. The van der Waals surface area contributed by atoms with Crippen molar-refractivity contribution in [2.45, 2.75) is 18.7 Å². The molecule has 0 spiro atoms. The van der Waals surface area contributed by atoms with Crippen molar-refractivity contribution < 1.29 is 13.2 Å². The zero-order valence-corrected chi connectivity index (χ0v) is 11.5. The van der Waals surface area contributed by atoms with Crippen LogP contribution in [0.5, 0.6) is 0 Å². The third-order valence-corrected chi connectivity index (χ3v) is 3.73. The quantitative estimate of drug-likeness (QED) is 0.793. The summed E-state index contributed by atoms with van der Waals surface area (Å²) in [6.07, 6.45) is 0. The molecule has 6 heteroatoms. The fraction of sp³-hybridized carbons (Fsp3) is 0.364. The number of hydrogen-bond acceptors (Lipinski definition) is 3. The molecule has 0 saturated heterocycles. The number of halogens is 1. The maximum atomic E-state index is 11.9.